The SMILES string of the molecule is CCCCCC(=O)NC(c1ccccc1)[C@@H](O)C(=O)O[C@H]1C[C@@]2(O)[C@@H](OC(=O)c3ccccc3)[C@@H]3[C@]4(OC(C)=O)CO[C@@H]4C[C@H](O)[C@@]3(C)C(=O)[C@H](O)C(=C1C)C2(C)C. The van der Waals surface area contributed by atoms with Gasteiger partial charge < -0.3 is 44.7 Å². The molecule has 2 aromatic carbocycles. The van der Waals surface area contributed by atoms with E-state index in [1.54, 1.807) is 62.4 Å². The molecule has 1 heterocycles. The van der Waals surface area contributed by atoms with E-state index in [2.05, 4.69) is 5.32 Å². The number of aliphatic hydroxyl groups excluding tert-OH is 3. The fourth-order valence-electron chi connectivity index (χ4n) is 9.91. The van der Waals surface area contributed by atoms with Crippen molar-refractivity contribution in [1.29, 1.82) is 0 Å². The van der Waals surface area contributed by atoms with E-state index < -0.39 is 101 Å². The van der Waals surface area contributed by atoms with Crippen LogP contribution in [0.5, 0.6) is 0 Å². The Bertz CT molecular complexity index is 1930. The average Bonchev–Trinajstić information content (AvgIpc) is 3.18. The van der Waals surface area contributed by atoms with Gasteiger partial charge in [-0.1, -0.05) is 82.1 Å². The number of unbranched alkanes of at least 4 members (excludes halogenated alkanes) is 2. The number of benzene rings is 2. The monoisotopic (exact) mass is 805 g/mol. The number of carbonyl (C=O) groups is 5. The third-order valence-electron chi connectivity index (χ3n) is 13.2. The van der Waals surface area contributed by atoms with Crippen molar-refractivity contribution in [1.82, 2.24) is 5.32 Å². The van der Waals surface area contributed by atoms with E-state index in [0.29, 0.717) is 12.0 Å². The maximum Gasteiger partial charge on any atom is 0.338 e. The molecule has 2 saturated carbocycles. The van der Waals surface area contributed by atoms with Crippen molar-refractivity contribution in [3.05, 3.63) is 82.9 Å². The highest BCUT2D eigenvalue weighted by atomic mass is 16.6. The van der Waals surface area contributed by atoms with Crippen molar-refractivity contribution in [2.24, 2.45) is 16.7 Å². The van der Waals surface area contributed by atoms with Gasteiger partial charge in [0.2, 0.25) is 5.91 Å². The zero-order valence-corrected chi connectivity index (χ0v) is 33.8. The fourth-order valence-corrected chi connectivity index (χ4v) is 9.91. The number of rotatable bonds is 12. The highest BCUT2D eigenvalue weighted by Gasteiger charge is 2.78. The molecule has 2 aromatic rings. The first-order valence-electron chi connectivity index (χ1n) is 20.0. The molecular weight excluding hydrogens is 750 g/mol. The number of amides is 1. The molecule has 11 atom stereocenters. The zero-order chi connectivity index (χ0) is 42.4. The lowest BCUT2D eigenvalue weighted by atomic mass is 9.44. The molecule has 1 unspecified atom stereocenters. The summed E-state index contributed by atoms with van der Waals surface area (Å²) in [6, 6.07) is 15.1. The molecule has 2 bridgehead atoms. The van der Waals surface area contributed by atoms with E-state index in [1.807, 2.05) is 6.92 Å². The van der Waals surface area contributed by atoms with Gasteiger partial charge in [-0.25, -0.2) is 9.59 Å². The smallest absolute Gasteiger partial charge is 0.338 e. The minimum absolute atomic E-state index is 0.0384. The molecule has 14 nitrogen and oxygen atoms in total. The number of hydrogen-bond donors (Lipinski definition) is 5. The highest BCUT2D eigenvalue weighted by molar-refractivity contribution is 5.94. The van der Waals surface area contributed by atoms with Crippen molar-refractivity contribution in [3.63, 3.8) is 0 Å². The summed E-state index contributed by atoms with van der Waals surface area (Å²) in [6.45, 7) is 8.94. The van der Waals surface area contributed by atoms with Crippen LogP contribution in [0, 0.1) is 16.7 Å². The van der Waals surface area contributed by atoms with Gasteiger partial charge in [0.15, 0.2) is 17.5 Å². The van der Waals surface area contributed by atoms with Crippen LogP contribution in [0.3, 0.4) is 0 Å². The summed E-state index contributed by atoms with van der Waals surface area (Å²) in [5.74, 6) is -5.62. The molecule has 3 aliphatic carbocycles. The van der Waals surface area contributed by atoms with Crippen molar-refractivity contribution in [3.8, 4) is 0 Å². The van der Waals surface area contributed by atoms with Crippen molar-refractivity contribution in [2.45, 2.75) is 134 Å². The van der Waals surface area contributed by atoms with Gasteiger partial charge in [0, 0.05) is 31.6 Å². The quantitative estimate of drug-likeness (QED) is 0.0901. The molecule has 3 fully saturated rings. The van der Waals surface area contributed by atoms with Gasteiger partial charge in [-0.15, -0.1) is 0 Å². The molecule has 58 heavy (non-hydrogen) atoms. The van der Waals surface area contributed by atoms with E-state index in [1.165, 1.54) is 26.0 Å². The molecule has 0 radical (unpaired) electrons. The number of hydrogen-bond acceptors (Lipinski definition) is 13. The standard InChI is InChI=1S/C44H55NO13/c1-7-8-11-20-31(48)45-33(26-16-12-9-13-17-26)35(50)40(53)56-28-22-44(54)38(57-39(52)27-18-14-10-15-19-27)36-42(6,37(51)34(49)32(24(28)2)41(44,4)5)29(47)21-30-43(36,23-55-30)58-25(3)46/h9-10,12-19,28-30,33-36,38,47,49-50,54H,7-8,11,20-23H2,1-6H3,(H,45,48)/t28-,29-,30+,33?,34+,35+,36-,38-,42+,43-,44+/m0/s1. The van der Waals surface area contributed by atoms with Crippen LogP contribution in [0.2, 0.25) is 0 Å². The molecular formula is C44H55NO13. The predicted molar refractivity (Wildman–Crippen MR) is 207 cm³/mol. The predicted octanol–water partition coefficient (Wildman–Crippen LogP) is 3.43. The summed E-state index contributed by atoms with van der Waals surface area (Å²) in [5.41, 5.74) is -6.98. The number of carbonyl (C=O) groups excluding carboxylic acids is 5. The summed E-state index contributed by atoms with van der Waals surface area (Å²) in [6.07, 6.45) is -7.83. The summed E-state index contributed by atoms with van der Waals surface area (Å²) < 4.78 is 24.2. The molecule has 314 valence electrons. The van der Waals surface area contributed by atoms with Gasteiger partial charge in [0.25, 0.3) is 0 Å². The van der Waals surface area contributed by atoms with Crippen LogP contribution >= 0.6 is 0 Å². The molecule has 4 aliphatic rings. The number of nitrogens with one attached hydrogen (secondary N) is 1. The summed E-state index contributed by atoms with van der Waals surface area (Å²) in [7, 11) is 0. The maximum atomic E-state index is 15.0. The Morgan fingerprint density at radius 3 is 2.19 bits per heavy atom. The first-order chi connectivity index (χ1) is 27.3. The Balaban J connectivity index is 1.47. The van der Waals surface area contributed by atoms with Gasteiger partial charge >= 0.3 is 17.9 Å². The van der Waals surface area contributed by atoms with Crippen LogP contribution in [0.25, 0.3) is 0 Å². The number of ketones is 1. The molecule has 5 N–H and O–H groups in total. The van der Waals surface area contributed by atoms with E-state index in [-0.39, 0.29) is 42.1 Å². The number of Topliss-reactive ketones (excluding diaryl/α,β-unsaturated/α-hetero) is 1. The second kappa shape index (κ2) is 16.3. The summed E-state index contributed by atoms with van der Waals surface area (Å²) in [5, 5.41) is 51.8. The average molecular weight is 806 g/mol. The third kappa shape index (κ3) is 7.16. The molecule has 14 heteroatoms. The molecule has 6 rings (SSSR count). The van der Waals surface area contributed by atoms with Crippen molar-refractivity contribution in [2.75, 3.05) is 6.61 Å². The van der Waals surface area contributed by atoms with Crippen LogP contribution < -0.4 is 5.32 Å². The normalized spacial score (nSPS) is 33.4. The highest BCUT2D eigenvalue weighted by Crippen LogP contribution is 2.64. The van der Waals surface area contributed by atoms with Gasteiger partial charge in [-0.05, 0) is 49.1 Å². The largest absolute Gasteiger partial charge is 0.456 e. The fraction of sp³-hybridized carbons (Fsp3) is 0.568. The third-order valence-corrected chi connectivity index (χ3v) is 13.2. The zero-order valence-electron chi connectivity index (χ0n) is 33.8. The van der Waals surface area contributed by atoms with Gasteiger partial charge in [-0.3, -0.25) is 14.4 Å². The van der Waals surface area contributed by atoms with Crippen LogP contribution in [0.4, 0.5) is 0 Å². The van der Waals surface area contributed by atoms with Gasteiger partial charge in [0.1, 0.15) is 30.0 Å². The van der Waals surface area contributed by atoms with Crippen LogP contribution in [0.1, 0.15) is 102 Å². The number of aliphatic hydroxyl groups is 4. The Labute approximate surface area is 337 Å². The Hall–Kier alpha value is -4.47. The topological polar surface area (TPSA) is 215 Å². The second-order valence-electron chi connectivity index (χ2n) is 17.0. The molecule has 0 aromatic heterocycles. The van der Waals surface area contributed by atoms with Crippen molar-refractivity contribution >= 4 is 29.6 Å². The van der Waals surface area contributed by atoms with Crippen molar-refractivity contribution < 1.29 is 63.3 Å². The van der Waals surface area contributed by atoms with E-state index in [0.717, 1.165) is 19.8 Å². The Morgan fingerprint density at radius 1 is 0.966 bits per heavy atom. The lowest BCUT2D eigenvalue weighted by Gasteiger charge is -2.67. The second-order valence-corrected chi connectivity index (χ2v) is 17.0. The molecule has 0 spiro atoms. The molecule has 1 aliphatic heterocycles. The Kier molecular flexibility index (Phi) is 12.1. The molecule has 1 amide bonds. The van der Waals surface area contributed by atoms with Gasteiger partial charge in [-0.2, -0.15) is 0 Å². The van der Waals surface area contributed by atoms with Crippen LogP contribution in [0.15, 0.2) is 71.8 Å². The minimum Gasteiger partial charge on any atom is -0.456 e. The number of fused-ring (bicyclic) bond motifs is 5. The molecule has 1 saturated heterocycles. The summed E-state index contributed by atoms with van der Waals surface area (Å²) >= 11 is 0. The Morgan fingerprint density at radius 2 is 1.60 bits per heavy atom. The van der Waals surface area contributed by atoms with E-state index in [4.69, 9.17) is 18.9 Å². The lowest BCUT2D eigenvalue weighted by Crippen LogP contribution is -2.81. The number of ether oxygens (including phenoxy) is 4. The van der Waals surface area contributed by atoms with E-state index >= 15 is 0 Å². The summed E-state index contributed by atoms with van der Waals surface area (Å²) in [4.78, 5) is 69.0. The lowest BCUT2D eigenvalue weighted by molar-refractivity contribution is -0.346. The van der Waals surface area contributed by atoms with E-state index in [9.17, 15) is 44.4 Å². The first kappa shape index (κ1) is 43.1. The minimum atomic E-state index is -2.33. The number of esters is 3. The van der Waals surface area contributed by atoms with Crippen LogP contribution in [-0.4, -0.2) is 104 Å². The van der Waals surface area contributed by atoms with Gasteiger partial charge in [0.05, 0.1) is 35.6 Å². The van der Waals surface area contributed by atoms with Crippen LogP contribution in [-0.2, 0) is 38.1 Å². The first-order valence-corrected chi connectivity index (χ1v) is 20.0. The maximum absolute atomic E-state index is 15.0.